The molecule has 4 heteroatoms. The molecule has 0 spiro atoms. The topological polar surface area (TPSA) is 8.17 Å². The van der Waals surface area contributed by atoms with Crippen LogP contribution in [0.25, 0.3) is 86.1 Å². The Labute approximate surface area is 328 Å². The smallest absolute Gasteiger partial charge is 0.333 e. The van der Waals surface area contributed by atoms with E-state index in [2.05, 4.69) is 197 Å². The number of aromatic nitrogens is 1. The van der Waals surface area contributed by atoms with Crippen molar-refractivity contribution in [3.8, 4) is 33.4 Å². The summed E-state index contributed by atoms with van der Waals surface area (Å²) in [6.45, 7) is -0.0378. The Hall–Kier alpha value is -6.88. The highest BCUT2D eigenvalue weighted by molar-refractivity contribution is 7.26. The number of nitrogens with zero attached hydrogens (tertiary/aromatic N) is 2. The molecule has 56 heavy (non-hydrogen) atoms. The summed E-state index contributed by atoms with van der Waals surface area (Å²) < 4.78 is 5.39. The van der Waals surface area contributed by atoms with E-state index in [9.17, 15) is 0 Å². The maximum atomic E-state index is 2.70. The van der Waals surface area contributed by atoms with Crippen molar-refractivity contribution in [1.82, 2.24) is 4.48 Å². The Morgan fingerprint density at radius 1 is 0.464 bits per heavy atom. The van der Waals surface area contributed by atoms with E-state index >= 15 is 0 Å². The van der Waals surface area contributed by atoms with E-state index in [1.54, 1.807) is 0 Å². The molecule has 2 aliphatic rings. The summed E-state index contributed by atoms with van der Waals surface area (Å²) in [7, 11) is 0. The molecular weight excluding hydrogens is 695 g/mol. The molecule has 0 saturated heterocycles. The molecule has 0 fully saturated rings. The second kappa shape index (κ2) is 11.3. The van der Waals surface area contributed by atoms with Crippen LogP contribution in [0, 0.1) is 0 Å². The lowest BCUT2D eigenvalue weighted by molar-refractivity contribution is 1.26. The third-order valence-electron chi connectivity index (χ3n) is 12.3. The first kappa shape index (κ1) is 30.5. The van der Waals surface area contributed by atoms with Gasteiger partial charge in [0.05, 0.1) is 0 Å². The first-order valence-corrected chi connectivity index (χ1v) is 20.2. The van der Waals surface area contributed by atoms with Gasteiger partial charge in [0, 0.05) is 70.2 Å². The fraction of sp³-hybridized carbons (Fsp3) is 0. The standard InChI is InChI=1S/C52H31BN2S/c1-3-12-32(13-4-1)34-22-26-37(27-23-34)54-44-28-25-36(33-14-5-2-6-15-33)30-43(44)53-50-46(54)31-42-39-18-9-10-21-47(39)56-52(42)49(50)41-20-11-19-40-48-38-17-8-7-16-35(38)24-29-45(48)55(53)51(40)41/h1-31H. The van der Waals surface area contributed by atoms with Crippen LogP contribution in [0.4, 0.5) is 17.1 Å². The maximum absolute atomic E-state index is 2.70. The molecule has 258 valence electrons. The average molecular weight is 727 g/mol. The SMILES string of the molecule is c1ccc(-c2ccc(N3c4ccc(-c5ccccc5)cc4B4c5c3cc3c(sc6ccccc63)c5-c3cccc5c6c7ccccc7ccc6n4c35)cc2)cc1. The predicted octanol–water partition coefficient (Wildman–Crippen LogP) is 13.1. The van der Waals surface area contributed by atoms with E-state index in [4.69, 9.17) is 0 Å². The number of rotatable bonds is 3. The second-order valence-electron chi connectivity index (χ2n) is 15.2. The lowest BCUT2D eigenvalue weighted by Gasteiger charge is -2.41. The minimum atomic E-state index is -0.0378. The first-order valence-electron chi connectivity index (χ1n) is 19.4. The number of hydrogen-bond donors (Lipinski definition) is 0. The summed E-state index contributed by atoms with van der Waals surface area (Å²) in [5.41, 5.74) is 16.5. The van der Waals surface area contributed by atoms with Crippen molar-refractivity contribution in [3.63, 3.8) is 0 Å². The normalized spacial score (nSPS) is 12.9. The van der Waals surface area contributed by atoms with Crippen LogP contribution >= 0.6 is 11.3 Å². The molecule has 0 radical (unpaired) electrons. The van der Waals surface area contributed by atoms with Gasteiger partial charge in [0.25, 0.3) is 0 Å². The summed E-state index contributed by atoms with van der Waals surface area (Å²) in [6, 6.07) is 70.0. The minimum Gasteiger partial charge on any atom is -0.375 e. The number of benzene rings is 9. The van der Waals surface area contributed by atoms with Crippen molar-refractivity contribution in [2.45, 2.75) is 0 Å². The van der Waals surface area contributed by atoms with Gasteiger partial charge in [-0.1, -0.05) is 152 Å². The van der Waals surface area contributed by atoms with Gasteiger partial charge in [-0.2, -0.15) is 0 Å². The molecule has 0 N–H and O–H groups in total. The molecule has 4 heterocycles. The van der Waals surface area contributed by atoms with Gasteiger partial charge in [-0.15, -0.1) is 11.3 Å². The number of anilines is 3. The molecule has 0 atom stereocenters. The van der Waals surface area contributed by atoms with E-state index in [0.29, 0.717) is 0 Å². The number of para-hydroxylation sites is 1. The Bertz CT molecular complexity index is 3420. The van der Waals surface area contributed by atoms with Crippen molar-refractivity contribution >= 4 is 98.9 Å². The average Bonchev–Trinajstić information content (AvgIpc) is 3.82. The summed E-state index contributed by atoms with van der Waals surface area (Å²) in [5.74, 6) is 0. The largest absolute Gasteiger partial charge is 0.375 e. The third kappa shape index (κ3) is 4.06. The molecule has 11 aromatic rings. The van der Waals surface area contributed by atoms with E-state index in [0.717, 1.165) is 5.69 Å². The van der Waals surface area contributed by atoms with Crippen LogP contribution in [0.3, 0.4) is 0 Å². The summed E-state index contributed by atoms with van der Waals surface area (Å²) in [6.07, 6.45) is 0. The van der Waals surface area contributed by atoms with Crippen molar-refractivity contribution in [2.24, 2.45) is 0 Å². The van der Waals surface area contributed by atoms with Crippen LogP contribution in [-0.2, 0) is 0 Å². The van der Waals surface area contributed by atoms with Crippen LogP contribution in [0.5, 0.6) is 0 Å². The Balaban J connectivity index is 1.20. The number of thiophene rings is 1. The lowest BCUT2D eigenvalue weighted by atomic mass is 9.45. The van der Waals surface area contributed by atoms with Gasteiger partial charge < -0.3 is 9.38 Å². The van der Waals surface area contributed by atoms with Crippen LogP contribution < -0.4 is 15.8 Å². The lowest BCUT2D eigenvalue weighted by Crippen LogP contribution is -2.56. The van der Waals surface area contributed by atoms with E-state index in [1.165, 1.54) is 108 Å². The van der Waals surface area contributed by atoms with Crippen LogP contribution in [0.1, 0.15) is 0 Å². The summed E-state index contributed by atoms with van der Waals surface area (Å²) in [4.78, 5) is 2.55. The van der Waals surface area contributed by atoms with E-state index in [-0.39, 0.29) is 6.85 Å². The highest BCUT2D eigenvalue weighted by atomic mass is 32.1. The van der Waals surface area contributed by atoms with Crippen molar-refractivity contribution in [1.29, 1.82) is 0 Å². The van der Waals surface area contributed by atoms with Gasteiger partial charge in [-0.25, -0.2) is 0 Å². The molecule has 0 bridgehead atoms. The second-order valence-corrected chi connectivity index (χ2v) is 16.3. The Kier molecular flexibility index (Phi) is 6.16. The first-order chi connectivity index (χ1) is 27.8. The van der Waals surface area contributed by atoms with Crippen molar-refractivity contribution < 1.29 is 0 Å². The predicted molar refractivity (Wildman–Crippen MR) is 241 cm³/mol. The van der Waals surface area contributed by atoms with E-state index in [1.807, 2.05) is 11.3 Å². The molecule has 0 saturated carbocycles. The molecule has 0 unspecified atom stereocenters. The quantitative estimate of drug-likeness (QED) is 0.165. The monoisotopic (exact) mass is 726 g/mol. The molecule has 13 rings (SSSR count). The molecule has 2 aromatic heterocycles. The Morgan fingerprint density at radius 3 is 1.96 bits per heavy atom. The van der Waals surface area contributed by atoms with Crippen LogP contribution in [-0.4, -0.2) is 11.3 Å². The van der Waals surface area contributed by atoms with Gasteiger partial charge in [0.1, 0.15) is 0 Å². The fourth-order valence-corrected chi connectivity index (χ4v) is 11.2. The van der Waals surface area contributed by atoms with Crippen LogP contribution in [0.2, 0.25) is 0 Å². The fourth-order valence-electron chi connectivity index (χ4n) is 9.98. The molecule has 0 aliphatic carbocycles. The van der Waals surface area contributed by atoms with Gasteiger partial charge in [-0.3, -0.25) is 0 Å². The van der Waals surface area contributed by atoms with Gasteiger partial charge in [0.2, 0.25) is 0 Å². The Morgan fingerprint density at radius 2 is 1.14 bits per heavy atom. The highest BCUT2D eigenvalue weighted by Gasteiger charge is 2.44. The number of hydrogen-bond acceptors (Lipinski definition) is 2. The summed E-state index contributed by atoms with van der Waals surface area (Å²) in [5, 5.41) is 7.87. The maximum Gasteiger partial charge on any atom is 0.333 e. The minimum absolute atomic E-state index is 0.0378. The summed E-state index contributed by atoms with van der Waals surface area (Å²) >= 11 is 1.94. The van der Waals surface area contributed by atoms with Gasteiger partial charge in [-0.05, 0) is 80.4 Å². The molecular formula is C52H31BN2S. The zero-order chi connectivity index (χ0) is 36.5. The van der Waals surface area contributed by atoms with Gasteiger partial charge >= 0.3 is 6.85 Å². The third-order valence-corrected chi connectivity index (χ3v) is 13.5. The van der Waals surface area contributed by atoms with Crippen LogP contribution in [0.15, 0.2) is 188 Å². The zero-order valence-corrected chi connectivity index (χ0v) is 31.1. The van der Waals surface area contributed by atoms with E-state index < -0.39 is 0 Å². The molecule has 2 nitrogen and oxygen atoms in total. The highest BCUT2D eigenvalue weighted by Crippen LogP contribution is 2.51. The van der Waals surface area contributed by atoms with Crippen molar-refractivity contribution in [2.75, 3.05) is 4.90 Å². The molecule has 0 amide bonds. The zero-order valence-electron chi connectivity index (χ0n) is 30.3. The molecule has 9 aromatic carbocycles. The van der Waals surface area contributed by atoms with Gasteiger partial charge in [0.15, 0.2) is 0 Å². The number of fused-ring (bicyclic) bond motifs is 13. The molecule has 2 aliphatic heterocycles. The van der Waals surface area contributed by atoms with Crippen molar-refractivity contribution in [3.05, 3.63) is 188 Å².